The van der Waals surface area contributed by atoms with Crippen molar-refractivity contribution in [1.29, 1.82) is 5.26 Å². The van der Waals surface area contributed by atoms with Crippen molar-refractivity contribution < 1.29 is 9.90 Å². The molecule has 0 aliphatic heterocycles. The quantitative estimate of drug-likeness (QED) is 0.110. The zero-order chi connectivity index (χ0) is 26.4. The van der Waals surface area contributed by atoms with E-state index in [-0.39, 0.29) is 29.2 Å². The Labute approximate surface area is 219 Å². The number of aliphatic hydroxyl groups excluding tert-OH is 1. The summed E-state index contributed by atoms with van der Waals surface area (Å²) >= 11 is 1.08. The van der Waals surface area contributed by atoms with E-state index < -0.39 is 5.91 Å². The van der Waals surface area contributed by atoms with Crippen LogP contribution in [-0.4, -0.2) is 26.3 Å². The molecule has 4 aromatic rings. The first-order chi connectivity index (χ1) is 17.9. The number of thioether (sulfide) groups is 1. The largest absolute Gasteiger partial charge is 0.510 e. The van der Waals surface area contributed by atoms with Crippen molar-refractivity contribution in [2.24, 2.45) is 0 Å². The van der Waals surface area contributed by atoms with Crippen molar-refractivity contribution in [3.05, 3.63) is 112 Å². The van der Waals surface area contributed by atoms with Crippen LogP contribution in [0.15, 0.2) is 100 Å². The summed E-state index contributed by atoms with van der Waals surface area (Å²) < 4.78 is 1.49. The molecule has 0 unspecified atom stereocenters. The second-order valence-electron chi connectivity index (χ2n) is 8.69. The maximum absolute atomic E-state index is 13.5. The molecule has 4 rings (SSSR count). The Balaban J connectivity index is 1.64. The lowest BCUT2D eigenvalue weighted by atomic mass is 10.0. The van der Waals surface area contributed by atoms with Crippen LogP contribution in [0.25, 0.3) is 16.6 Å². The molecule has 1 amide bonds. The SMILES string of the molecule is CC(C)c1ccc(-n2c(SCC(O)=C(C#N)C(=O)NCc3ccccc3)nc3ccccc3c2=O)cc1. The zero-order valence-electron chi connectivity index (χ0n) is 20.5. The molecular weight excluding hydrogens is 484 g/mol. The molecule has 0 aliphatic carbocycles. The molecule has 0 radical (unpaired) electrons. The molecule has 37 heavy (non-hydrogen) atoms. The third-order valence-electron chi connectivity index (χ3n) is 5.82. The lowest BCUT2D eigenvalue weighted by Crippen LogP contribution is -2.25. The second-order valence-corrected chi connectivity index (χ2v) is 9.63. The van der Waals surface area contributed by atoms with Crippen LogP contribution in [-0.2, 0) is 11.3 Å². The van der Waals surface area contributed by atoms with Gasteiger partial charge in [0.05, 0.1) is 22.3 Å². The number of amides is 1. The molecule has 0 bridgehead atoms. The Bertz CT molecular complexity index is 1550. The Hall–Kier alpha value is -4.35. The maximum Gasteiger partial charge on any atom is 0.266 e. The van der Waals surface area contributed by atoms with Crippen LogP contribution >= 0.6 is 11.8 Å². The average molecular weight is 511 g/mol. The number of fused-ring (bicyclic) bond motifs is 1. The fraction of sp³-hybridized carbons (Fsp3) is 0.172. The maximum atomic E-state index is 13.5. The summed E-state index contributed by atoms with van der Waals surface area (Å²) in [5.74, 6) is -0.829. The van der Waals surface area contributed by atoms with Gasteiger partial charge >= 0.3 is 0 Å². The summed E-state index contributed by atoms with van der Waals surface area (Å²) in [5.41, 5.74) is 2.55. The topological polar surface area (TPSA) is 108 Å². The van der Waals surface area contributed by atoms with Crippen molar-refractivity contribution in [1.82, 2.24) is 14.9 Å². The van der Waals surface area contributed by atoms with Crippen molar-refractivity contribution in [3.63, 3.8) is 0 Å². The molecule has 3 aromatic carbocycles. The fourth-order valence-corrected chi connectivity index (χ4v) is 4.65. The fourth-order valence-electron chi connectivity index (χ4n) is 3.76. The van der Waals surface area contributed by atoms with Crippen LogP contribution in [0.5, 0.6) is 0 Å². The highest BCUT2D eigenvalue weighted by molar-refractivity contribution is 7.99. The third kappa shape index (κ3) is 5.90. The van der Waals surface area contributed by atoms with Crippen LogP contribution in [0, 0.1) is 11.3 Å². The van der Waals surface area contributed by atoms with E-state index in [1.165, 1.54) is 4.57 Å². The number of nitriles is 1. The van der Waals surface area contributed by atoms with E-state index in [4.69, 9.17) is 0 Å². The average Bonchev–Trinajstić information content (AvgIpc) is 2.92. The van der Waals surface area contributed by atoms with Gasteiger partial charge in [0.15, 0.2) is 10.7 Å². The number of aliphatic hydroxyl groups is 1. The number of benzene rings is 3. The molecule has 7 nitrogen and oxygen atoms in total. The van der Waals surface area contributed by atoms with E-state index in [2.05, 4.69) is 24.1 Å². The molecule has 0 atom stereocenters. The van der Waals surface area contributed by atoms with Crippen LogP contribution < -0.4 is 10.9 Å². The lowest BCUT2D eigenvalue weighted by Gasteiger charge is -2.14. The Kier molecular flexibility index (Phi) is 8.06. The van der Waals surface area contributed by atoms with Gasteiger partial charge in [-0.05, 0) is 41.3 Å². The van der Waals surface area contributed by atoms with E-state index in [0.29, 0.717) is 27.7 Å². The minimum Gasteiger partial charge on any atom is -0.510 e. The number of carbonyl (C=O) groups is 1. The second kappa shape index (κ2) is 11.6. The molecule has 1 aromatic heterocycles. The van der Waals surface area contributed by atoms with Crippen molar-refractivity contribution in [2.45, 2.75) is 31.5 Å². The van der Waals surface area contributed by atoms with Gasteiger partial charge in [0.2, 0.25) is 0 Å². The van der Waals surface area contributed by atoms with Gasteiger partial charge in [-0.25, -0.2) is 4.98 Å². The van der Waals surface area contributed by atoms with E-state index in [0.717, 1.165) is 22.9 Å². The minimum atomic E-state index is -0.669. The standard InChI is InChI=1S/C29H26N4O3S/c1-19(2)21-12-14-22(15-13-21)33-28(36)23-10-6-7-11-25(23)32-29(33)37-18-26(34)24(16-30)27(35)31-17-20-8-4-3-5-9-20/h3-15,19,34H,17-18H2,1-2H3,(H,31,35). The Morgan fingerprint density at radius 3 is 2.41 bits per heavy atom. The van der Waals surface area contributed by atoms with E-state index >= 15 is 0 Å². The summed E-state index contributed by atoms with van der Waals surface area (Å²) in [7, 11) is 0. The molecule has 0 spiro atoms. The van der Waals surface area contributed by atoms with Gasteiger partial charge in [-0.1, -0.05) is 80.2 Å². The van der Waals surface area contributed by atoms with Crippen molar-refractivity contribution in [3.8, 4) is 11.8 Å². The van der Waals surface area contributed by atoms with Gasteiger partial charge in [0.25, 0.3) is 11.5 Å². The molecule has 2 N–H and O–H groups in total. The van der Waals surface area contributed by atoms with Gasteiger partial charge in [-0.3, -0.25) is 14.2 Å². The van der Waals surface area contributed by atoms with Crippen molar-refractivity contribution in [2.75, 3.05) is 5.75 Å². The third-order valence-corrected chi connectivity index (χ3v) is 6.77. The Morgan fingerprint density at radius 2 is 1.73 bits per heavy atom. The molecule has 186 valence electrons. The summed E-state index contributed by atoms with van der Waals surface area (Å²) in [5, 5.41) is 23.6. The molecule has 1 heterocycles. The number of para-hydroxylation sites is 1. The van der Waals surface area contributed by atoms with E-state index in [9.17, 15) is 20.0 Å². The van der Waals surface area contributed by atoms with Gasteiger partial charge in [0.1, 0.15) is 11.8 Å². The predicted molar refractivity (Wildman–Crippen MR) is 146 cm³/mol. The first-order valence-corrected chi connectivity index (χ1v) is 12.8. The van der Waals surface area contributed by atoms with E-state index in [1.54, 1.807) is 30.3 Å². The van der Waals surface area contributed by atoms with Crippen LogP contribution in [0.3, 0.4) is 0 Å². The first kappa shape index (κ1) is 25.7. The van der Waals surface area contributed by atoms with Gasteiger partial charge < -0.3 is 10.4 Å². The minimum absolute atomic E-state index is 0.115. The summed E-state index contributed by atoms with van der Waals surface area (Å²) in [6.45, 7) is 4.42. The molecule has 8 heteroatoms. The number of nitrogens with zero attached hydrogens (tertiary/aromatic N) is 3. The van der Waals surface area contributed by atoms with Gasteiger partial charge in [-0.2, -0.15) is 5.26 Å². The monoisotopic (exact) mass is 510 g/mol. The number of hydrogen-bond acceptors (Lipinski definition) is 6. The molecular formula is C29H26N4O3S. The van der Waals surface area contributed by atoms with Crippen LogP contribution in [0.1, 0.15) is 30.9 Å². The predicted octanol–water partition coefficient (Wildman–Crippen LogP) is 5.25. The molecule has 0 aliphatic rings. The van der Waals surface area contributed by atoms with Crippen LogP contribution in [0.2, 0.25) is 0 Å². The highest BCUT2D eigenvalue weighted by Gasteiger charge is 2.18. The number of carbonyl (C=O) groups excluding carboxylic acids is 1. The van der Waals surface area contributed by atoms with E-state index in [1.807, 2.05) is 54.6 Å². The number of hydrogen-bond donors (Lipinski definition) is 2. The number of rotatable bonds is 8. The highest BCUT2D eigenvalue weighted by Crippen LogP contribution is 2.25. The summed E-state index contributed by atoms with van der Waals surface area (Å²) in [4.78, 5) is 30.7. The number of nitrogens with one attached hydrogen (secondary N) is 1. The zero-order valence-corrected chi connectivity index (χ0v) is 21.3. The first-order valence-electron chi connectivity index (χ1n) is 11.8. The molecule has 0 saturated carbocycles. The molecule has 0 fully saturated rings. The summed E-state index contributed by atoms with van der Waals surface area (Å²) in [6, 6.07) is 25.8. The van der Waals surface area contributed by atoms with Crippen molar-refractivity contribution >= 4 is 28.6 Å². The van der Waals surface area contributed by atoms with Gasteiger partial charge in [0, 0.05) is 6.54 Å². The highest BCUT2D eigenvalue weighted by atomic mass is 32.2. The van der Waals surface area contributed by atoms with Crippen LogP contribution in [0.4, 0.5) is 0 Å². The summed E-state index contributed by atoms with van der Waals surface area (Å²) in [6.07, 6.45) is 0. The normalized spacial score (nSPS) is 11.7. The smallest absolute Gasteiger partial charge is 0.266 e. The lowest BCUT2D eigenvalue weighted by molar-refractivity contribution is -0.117. The molecule has 0 saturated heterocycles. The van der Waals surface area contributed by atoms with Gasteiger partial charge in [-0.15, -0.1) is 0 Å². The number of aromatic nitrogens is 2. The Morgan fingerprint density at radius 1 is 1.05 bits per heavy atom.